The summed E-state index contributed by atoms with van der Waals surface area (Å²) in [6, 6.07) is 5.25. The molecule has 2 N–H and O–H groups in total. The van der Waals surface area contributed by atoms with Crippen LogP contribution in [0.3, 0.4) is 0 Å². The van der Waals surface area contributed by atoms with E-state index in [0.717, 1.165) is 0 Å². The number of sulfonamides is 1. The summed E-state index contributed by atoms with van der Waals surface area (Å²) >= 11 is 0. The van der Waals surface area contributed by atoms with Crippen molar-refractivity contribution in [2.24, 2.45) is 0 Å². The van der Waals surface area contributed by atoms with Gasteiger partial charge in [-0.3, -0.25) is 9.59 Å². The average molecular weight is 413 g/mol. The molecule has 0 heterocycles. The van der Waals surface area contributed by atoms with E-state index in [-0.39, 0.29) is 29.0 Å². The molecule has 2 amide bonds. The SMILES string of the molecule is CCN(CC)S(=O)(=O)c1ccc(C(=O)OCC(=O)NCC(=O)NC(C)C)cc1. The minimum Gasteiger partial charge on any atom is -0.452 e. The molecule has 0 unspecified atom stereocenters. The van der Waals surface area contributed by atoms with Crippen LogP contribution >= 0.6 is 0 Å². The van der Waals surface area contributed by atoms with Crippen LogP contribution in [0.25, 0.3) is 0 Å². The van der Waals surface area contributed by atoms with Crippen molar-refractivity contribution in [3.8, 4) is 0 Å². The highest BCUT2D eigenvalue weighted by molar-refractivity contribution is 7.89. The quantitative estimate of drug-likeness (QED) is 0.539. The largest absolute Gasteiger partial charge is 0.452 e. The zero-order valence-corrected chi connectivity index (χ0v) is 17.3. The minimum atomic E-state index is -3.61. The normalized spacial score (nSPS) is 11.4. The van der Waals surface area contributed by atoms with E-state index in [0.29, 0.717) is 13.1 Å². The average Bonchev–Trinajstić information content (AvgIpc) is 2.64. The van der Waals surface area contributed by atoms with Crippen molar-refractivity contribution in [3.05, 3.63) is 29.8 Å². The van der Waals surface area contributed by atoms with Gasteiger partial charge in [-0.1, -0.05) is 13.8 Å². The monoisotopic (exact) mass is 413 g/mol. The molecule has 0 aromatic heterocycles. The Labute approximate surface area is 165 Å². The highest BCUT2D eigenvalue weighted by Crippen LogP contribution is 2.16. The van der Waals surface area contributed by atoms with E-state index in [1.807, 2.05) is 0 Å². The summed E-state index contributed by atoms with van der Waals surface area (Å²) in [6.45, 7) is 6.98. The second-order valence-electron chi connectivity index (χ2n) is 6.19. The van der Waals surface area contributed by atoms with Crippen LogP contribution in [0.2, 0.25) is 0 Å². The van der Waals surface area contributed by atoms with Crippen molar-refractivity contribution >= 4 is 27.8 Å². The van der Waals surface area contributed by atoms with Gasteiger partial charge in [-0.2, -0.15) is 4.31 Å². The fourth-order valence-corrected chi connectivity index (χ4v) is 3.75. The Hall–Kier alpha value is -2.46. The molecule has 0 aliphatic heterocycles. The second-order valence-corrected chi connectivity index (χ2v) is 8.13. The molecular weight excluding hydrogens is 386 g/mol. The Morgan fingerprint density at radius 1 is 1.04 bits per heavy atom. The third kappa shape index (κ3) is 6.93. The number of amides is 2. The van der Waals surface area contributed by atoms with Gasteiger partial charge in [0.05, 0.1) is 17.0 Å². The van der Waals surface area contributed by atoms with Crippen molar-refractivity contribution in [3.63, 3.8) is 0 Å². The topological polar surface area (TPSA) is 122 Å². The molecule has 0 spiro atoms. The number of carbonyl (C=O) groups is 3. The van der Waals surface area contributed by atoms with Gasteiger partial charge in [0.25, 0.3) is 5.91 Å². The van der Waals surface area contributed by atoms with E-state index in [9.17, 15) is 22.8 Å². The maximum absolute atomic E-state index is 12.4. The van der Waals surface area contributed by atoms with Crippen LogP contribution in [0, 0.1) is 0 Å². The van der Waals surface area contributed by atoms with Gasteiger partial charge in [0.1, 0.15) is 0 Å². The third-order valence-corrected chi connectivity index (χ3v) is 5.73. The highest BCUT2D eigenvalue weighted by atomic mass is 32.2. The molecule has 28 heavy (non-hydrogen) atoms. The van der Waals surface area contributed by atoms with Crippen LogP contribution < -0.4 is 10.6 Å². The molecule has 0 saturated carbocycles. The zero-order chi connectivity index (χ0) is 21.3. The first-order valence-corrected chi connectivity index (χ1v) is 10.4. The van der Waals surface area contributed by atoms with Crippen LogP contribution in [0.15, 0.2) is 29.2 Å². The van der Waals surface area contributed by atoms with Gasteiger partial charge >= 0.3 is 5.97 Å². The van der Waals surface area contributed by atoms with Crippen LogP contribution in [0.1, 0.15) is 38.1 Å². The van der Waals surface area contributed by atoms with Gasteiger partial charge in [0.2, 0.25) is 15.9 Å². The van der Waals surface area contributed by atoms with E-state index in [2.05, 4.69) is 10.6 Å². The number of nitrogens with one attached hydrogen (secondary N) is 2. The Balaban J connectivity index is 2.60. The lowest BCUT2D eigenvalue weighted by atomic mass is 10.2. The lowest BCUT2D eigenvalue weighted by molar-refractivity contribution is -0.128. The molecule has 0 fully saturated rings. The first-order valence-electron chi connectivity index (χ1n) is 8.95. The number of hydrogen-bond acceptors (Lipinski definition) is 6. The summed E-state index contributed by atoms with van der Waals surface area (Å²) in [4.78, 5) is 35.1. The Morgan fingerprint density at radius 2 is 1.61 bits per heavy atom. The minimum absolute atomic E-state index is 0.0456. The van der Waals surface area contributed by atoms with Crippen molar-refractivity contribution in [1.82, 2.24) is 14.9 Å². The van der Waals surface area contributed by atoms with E-state index in [1.165, 1.54) is 28.6 Å². The molecule has 0 aliphatic rings. The number of ether oxygens (including phenoxy) is 1. The predicted molar refractivity (Wildman–Crippen MR) is 103 cm³/mol. The predicted octanol–water partition coefficient (Wildman–Crippen LogP) is 0.515. The first-order chi connectivity index (χ1) is 13.1. The van der Waals surface area contributed by atoms with Gasteiger partial charge in [0, 0.05) is 19.1 Å². The molecule has 1 aromatic rings. The van der Waals surface area contributed by atoms with Gasteiger partial charge in [-0.05, 0) is 38.1 Å². The van der Waals surface area contributed by atoms with Crippen molar-refractivity contribution in [2.45, 2.75) is 38.6 Å². The molecule has 10 heteroatoms. The van der Waals surface area contributed by atoms with E-state index in [4.69, 9.17) is 4.74 Å². The lowest BCUT2D eigenvalue weighted by Crippen LogP contribution is -2.41. The smallest absolute Gasteiger partial charge is 0.338 e. The van der Waals surface area contributed by atoms with E-state index in [1.54, 1.807) is 27.7 Å². The summed E-state index contributed by atoms with van der Waals surface area (Å²) in [7, 11) is -3.61. The summed E-state index contributed by atoms with van der Waals surface area (Å²) in [5.41, 5.74) is 0.115. The molecular formula is C18H27N3O6S. The molecule has 156 valence electrons. The molecule has 1 rings (SSSR count). The van der Waals surface area contributed by atoms with Crippen molar-refractivity contribution in [1.29, 1.82) is 0 Å². The molecule has 0 aliphatic carbocycles. The number of nitrogens with zero attached hydrogens (tertiary/aromatic N) is 1. The summed E-state index contributed by atoms with van der Waals surface area (Å²) < 4.78 is 31.0. The number of carbonyl (C=O) groups excluding carboxylic acids is 3. The number of benzene rings is 1. The Bertz CT molecular complexity index is 786. The fourth-order valence-electron chi connectivity index (χ4n) is 2.29. The molecule has 9 nitrogen and oxygen atoms in total. The first kappa shape index (κ1) is 23.6. The van der Waals surface area contributed by atoms with E-state index >= 15 is 0 Å². The maximum Gasteiger partial charge on any atom is 0.338 e. The number of hydrogen-bond donors (Lipinski definition) is 2. The van der Waals surface area contributed by atoms with E-state index < -0.39 is 28.5 Å². The highest BCUT2D eigenvalue weighted by Gasteiger charge is 2.22. The molecule has 0 atom stereocenters. The maximum atomic E-state index is 12.4. The van der Waals surface area contributed by atoms with Gasteiger partial charge in [-0.15, -0.1) is 0 Å². The van der Waals surface area contributed by atoms with Crippen LogP contribution in [-0.2, 0) is 24.3 Å². The van der Waals surface area contributed by atoms with Crippen LogP contribution in [0.5, 0.6) is 0 Å². The zero-order valence-electron chi connectivity index (χ0n) is 16.5. The standard InChI is InChI=1S/C18H27N3O6S/c1-5-21(6-2)28(25,26)15-9-7-14(8-10-15)18(24)27-12-17(23)19-11-16(22)20-13(3)4/h7-10,13H,5-6,11-12H2,1-4H3,(H,19,23)(H,20,22). The molecule has 1 aromatic carbocycles. The third-order valence-electron chi connectivity index (χ3n) is 3.66. The summed E-state index contributed by atoms with van der Waals surface area (Å²) in [6.07, 6.45) is 0. The van der Waals surface area contributed by atoms with Crippen LogP contribution in [-0.4, -0.2) is 62.8 Å². The number of rotatable bonds is 10. The van der Waals surface area contributed by atoms with Crippen molar-refractivity contribution < 1.29 is 27.5 Å². The number of esters is 1. The summed E-state index contributed by atoms with van der Waals surface area (Å²) in [5, 5.41) is 4.94. The summed E-state index contributed by atoms with van der Waals surface area (Å²) in [5.74, 6) is -1.73. The molecule has 0 saturated heterocycles. The van der Waals surface area contributed by atoms with Crippen LogP contribution in [0.4, 0.5) is 0 Å². The lowest BCUT2D eigenvalue weighted by Gasteiger charge is -2.18. The van der Waals surface area contributed by atoms with Gasteiger partial charge in [-0.25, -0.2) is 13.2 Å². The fraction of sp³-hybridized carbons (Fsp3) is 0.500. The second kappa shape index (κ2) is 10.8. The van der Waals surface area contributed by atoms with Gasteiger partial charge < -0.3 is 15.4 Å². The Morgan fingerprint density at radius 3 is 2.11 bits per heavy atom. The van der Waals surface area contributed by atoms with Crippen molar-refractivity contribution in [2.75, 3.05) is 26.2 Å². The Kier molecular flexibility index (Phi) is 9.07. The van der Waals surface area contributed by atoms with Gasteiger partial charge in [0.15, 0.2) is 6.61 Å². The molecule has 0 radical (unpaired) electrons. The molecule has 0 bridgehead atoms.